The summed E-state index contributed by atoms with van der Waals surface area (Å²) in [7, 11) is -3.79. The van der Waals surface area contributed by atoms with Gasteiger partial charge in [-0.25, -0.2) is 12.8 Å². The van der Waals surface area contributed by atoms with Gasteiger partial charge in [-0.2, -0.15) is 0 Å². The summed E-state index contributed by atoms with van der Waals surface area (Å²) in [6.45, 7) is 1.85. The van der Waals surface area contributed by atoms with Gasteiger partial charge >= 0.3 is 0 Å². The summed E-state index contributed by atoms with van der Waals surface area (Å²) < 4.78 is 39.9. The minimum absolute atomic E-state index is 0.0491. The average Bonchev–Trinajstić information content (AvgIpc) is 2.39. The molecule has 0 fully saturated rings. The molecule has 2 aromatic rings. The number of aryl methyl sites for hydroxylation is 1. The lowest BCUT2D eigenvalue weighted by atomic mass is 10.2. The monoisotopic (exact) mass is 289 g/mol. The number of hydrogen-bond donors (Lipinski definition) is 1. The molecular formula is C15H12FNO2S. The molecule has 0 unspecified atom stereocenters. The van der Waals surface area contributed by atoms with E-state index in [0.717, 1.165) is 11.6 Å². The summed E-state index contributed by atoms with van der Waals surface area (Å²) in [6, 6.07) is 9.91. The topological polar surface area (TPSA) is 46.2 Å². The van der Waals surface area contributed by atoms with Gasteiger partial charge in [0, 0.05) is 5.56 Å². The fourth-order valence-corrected chi connectivity index (χ4v) is 2.72. The third-order valence-corrected chi connectivity index (χ3v) is 4.09. The second kappa shape index (κ2) is 5.35. The van der Waals surface area contributed by atoms with Crippen LogP contribution in [0.1, 0.15) is 11.1 Å². The molecule has 0 saturated carbocycles. The fourth-order valence-electron chi connectivity index (χ4n) is 1.65. The van der Waals surface area contributed by atoms with Gasteiger partial charge in [0.15, 0.2) is 0 Å². The fraction of sp³-hybridized carbons (Fsp3) is 0.0667. The first kappa shape index (κ1) is 14.1. The maximum Gasteiger partial charge on any atom is 0.261 e. The summed E-state index contributed by atoms with van der Waals surface area (Å²) in [5.74, 6) is 1.75. The number of terminal acetylenes is 1. The Morgan fingerprint density at radius 2 is 1.80 bits per heavy atom. The highest BCUT2D eigenvalue weighted by Gasteiger charge is 2.15. The van der Waals surface area contributed by atoms with Crippen LogP contribution in [0.5, 0.6) is 0 Å². The quantitative estimate of drug-likeness (QED) is 0.883. The lowest BCUT2D eigenvalue weighted by molar-refractivity contribution is 0.601. The zero-order chi connectivity index (χ0) is 14.8. The first-order valence-corrected chi connectivity index (χ1v) is 7.26. The second-order valence-electron chi connectivity index (χ2n) is 4.25. The van der Waals surface area contributed by atoms with Crippen molar-refractivity contribution in [1.82, 2.24) is 0 Å². The van der Waals surface area contributed by atoms with E-state index in [9.17, 15) is 12.8 Å². The number of halogens is 1. The minimum atomic E-state index is -3.79. The van der Waals surface area contributed by atoms with Crippen LogP contribution in [0, 0.1) is 25.1 Å². The maximum atomic E-state index is 13.2. The van der Waals surface area contributed by atoms with Crippen LogP contribution in [0.2, 0.25) is 0 Å². The molecule has 102 valence electrons. The number of anilines is 1. The van der Waals surface area contributed by atoms with Crippen molar-refractivity contribution in [2.24, 2.45) is 0 Å². The van der Waals surface area contributed by atoms with Crippen molar-refractivity contribution in [3.05, 3.63) is 59.4 Å². The Kier molecular flexibility index (Phi) is 3.77. The van der Waals surface area contributed by atoms with Gasteiger partial charge in [0.25, 0.3) is 10.0 Å². The van der Waals surface area contributed by atoms with Crippen molar-refractivity contribution in [2.75, 3.05) is 4.72 Å². The third kappa shape index (κ3) is 2.98. The molecule has 0 heterocycles. The number of nitrogens with one attached hydrogen (secondary N) is 1. The summed E-state index contributed by atoms with van der Waals surface area (Å²) in [5, 5.41) is 0. The van der Waals surface area contributed by atoms with E-state index in [4.69, 9.17) is 6.42 Å². The largest absolute Gasteiger partial charge is 0.278 e. The first-order chi connectivity index (χ1) is 9.42. The Labute approximate surface area is 117 Å². The highest BCUT2D eigenvalue weighted by atomic mass is 32.2. The average molecular weight is 289 g/mol. The smallest absolute Gasteiger partial charge is 0.261 e. The van der Waals surface area contributed by atoms with E-state index in [-0.39, 0.29) is 16.1 Å². The van der Waals surface area contributed by atoms with Crippen LogP contribution in [-0.2, 0) is 10.0 Å². The number of hydrogen-bond acceptors (Lipinski definition) is 2. The normalized spacial score (nSPS) is 10.8. The first-order valence-electron chi connectivity index (χ1n) is 5.78. The van der Waals surface area contributed by atoms with Crippen molar-refractivity contribution >= 4 is 15.7 Å². The van der Waals surface area contributed by atoms with Crippen LogP contribution in [0.4, 0.5) is 10.1 Å². The molecule has 0 saturated heterocycles. The Balaban J connectivity index is 2.41. The Morgan fingerprint density at radius 3 is 2.40 bits per heavy atom. The van der Waals surface area contributed by atoms with Gasteiger partial charge in [-0.05, 0) is 37.3 Å². The SMILES string of the molecule is C#Cc1ccc(F)cc1NS(=O)(=O)c1ccc(C)cc1. The summed E-state index contributed by atoms with van der Waals surface area (Å²) >= 11 is 0. The van der Waals surface area contributed by atoms with Gasteiger partial charge in [-0.1, -0.05) is 23.6 Å². The van der Waals surface area contributed by atoms with Gasteiger partial charge in [0.2, 0.25) is 0 Å². The molecule has 2 aromatic carbocycles. The van der Waals surface area contributed by atoms with E-state index in [1.807, 2.05) is 6.92 Å². The molecule has 0 aliphatic heterocycles. The Hall–Kier alpha value is -2.32. The molecule has 0 atom stereocenters. The number of rotatable bonds is 3. The van der Waals surface area contributed by atoms with E-state index in [1.165, 1.54) is 24.3 Å². The van der Waals surface area contributed by atoms with Crippen molar-refractivity contribution < 1.29 is 12.8 Å². The molecule has 0 aromatic heterocycles. The molecule has 3 nitrogen and oxygen atoms in total. The highest BCUT2D eigenvalue weighted by Crippen LogP contribution is 2.21. The number of benzene rings is 2. The minimum Gasteiger partial charge on any atom is -0.278 e. The van der Waals surface area contributed by atoms with Crippen LogP contribution >= 0.6 is 0 Å². The molecule has 0 radical (unpaired) electrons. The van der Waals surface area contributed by atoms with Crippen molar-refractivity contribution in [3.63, 3.8) is 0 Å². The van der Waals surface area contributed by atoms with Crippen LogP contribution in [-0.4, -0.2) is 8.42 Å². The molecule has 0 aliphatic carbocycles. The van der Waals surface area contributed by atoms with Gasteiger partial charge in [-0.15, -0.1) is 6.42 Å². The molecule has 2 rings (SSSR count). The van der Waals surface area contributed by atoms with Crippen LogP contribution in [0.15, 0.2) is 47.4 Å². The van der Waals surface area contributed by atoms with Crippen LogP contribution in [0.25, 0.3) is 0 Å². The molecule has 0 aliphatic rings. The summed E-state index contributed by atoms with van der Waals surface area (Å²) in [5.41, 5.74) is 1.27. The highest BCUT2D eigenvalue weighted by molar-refractivity contribution is 7.92. The van der Waals surface area contributed by atoms with Crippen molar-refractivity contribution in [3.8, 4) is 12.3 Å². The zero-order valence-corrected chi connectivity index (χ0v) is 11.5. The molecular weight excluding hydrogens is 277 g/mol. The van der Waals surface area contributed by atoms with Crippen LogP contribution in [0.3, 0.4) is 0 Å². The van der Waals surface area contributed by atoms with Crippen LogP contribution < -0.4 is 4.72 Å². The van der Waals surface area contributed by atoms with Gasteiger partial charge < -0.3 is 0 Å². The maximum absolute atomic E-state index is 13.2. The lowest BCUT2D eigenvalue weighted by Gasteiger charge is -2.10. The Bertz CT molecular complexity index is 775. The van der Waals surface area contributed by atoms with E-state index in [2.05, 4.69) is 10.6 Å². The molecule has 1 N–H and O–H groups in total. The molecule has 5 heteroatoms. The summed E-state index contributed by atoms with van der Waals surface area (Å²) in [6.07, 6.45) is 5.27. The van der Waals surface area contributed by atoms with Gasteiger partial charge in [-0.3, -0.25) is 4.72 Å². The zero-order valence-electron chi connectivity index (χ0n) is 10.7. The van der Waals surface area contributed by atoms with Gasteiger partial charge in [0.1, 0.15) is 5.82 Å². The summed E-state index contributed by atoms with van der Waals surface area (Å²) in [4.78, 5) is 0.0929. The van der Waals surface area contributed by atoms with E-state index in [1.54, 1.807) is 12.1 Å². The lowest BCUT2D eigenvalue weighted by Crippen LogP contribution is -2.14. The Morgan fingerprint density at radius 1 is 1.15 bits per heavy atom. The second-order valence-corrected chi connectivity index (χ2v) is 5.94. The molecule has 20 heavy (non-hydrogen) atoms. The molecule has 0 amide bonds. The van der Waals surface area contributed by atoms with E-state index < -0.39 is 15.8 Å². The molecule has 0 spiro atoms. The standard InChI is InChI=1S/C15H12FNO2S/c1-3-12-6-7-13(16)10-15(12)17-20(18,19)14-8-4-11(2)5-9-14/h1,4-10,17H,2H3. The predicted octanol–water partition coefficient (Wildman–Crippen LogP) is 2.92. The van der Waals surface area contributed by atoms with E-state index in [0.29, 0.717) is 0 Å². The third-order valence-electron chi connectivity index (χ3n) is 2.71. The van der Waals surface area contributed by atoms with Crippen molar-refractivity contribution in [2.45, 2.75) is 11.8 Å². The van der Waals surface area contributed by atoms with Gasteiger partial charge in [0.05, 0.1) is 10.6 Å². The van der Waals surface area contributed by atoms with Crippen molar-refractivity contribution in [1.29, 1.82) is 0 Å². The molecule has 0 bridgehead atoms. The predicted molar refractivity (Wildman–Crippen MR) is 76.3 cm³/mol. The van der Waals surface area contributed by atoms with E-state index >= 15 is 0 Å². The number of sulfonamides is 1.